The second kappa shape index (κ2) is 10.7. The molecule has 10 heteroatoms. The number of aliphatic hydroxyl groups excluding tert-OH is 1. The van der Waals surface area contributed by atoms with E-state index in [0.29, 0.717) is 30.3 Å². The molecule has 1 aliphatic carbocycles. The van der Waals surface area contributed by atoms with Gasteiger partial charge in [0, 0.05) is 23.4 Å². The second-order valence-electron chi connectivity index (χ2n) is 8.96. The molecule has 1 aromatic heterocycles. The monoisotopic (exact) mass is 475 g/mol. The largest absolute Gasteiger partial charge is 0.446 e. The highest BCUT2D eigenvalue weighted by Crippen LogP contribution is 2.36. The maximum atomic E-state index is 13.4. The number of amidine groups is 1. The summed E-state index contributed by atoms with van der Waals surface area (Å²) >= 11 is 1.64. The highest BCUT2D eigenvalue weighted by molar-refractivity contribution is 7.13. The molecule has 9 nitrogen and oxygen atoms in total. The molecule has 2 aliphatic heterocycles. The molecule has 0 aromatic carbocycles. The number of nitrogens with one attached hydrogen (secondary N) is 2. The normalized spacial score (nSPS) is 19.2. The van der Waals surface area contributed by atoms with Gasteiger partial charge in [0.2, 0.25) is 0 Å². The summed E-state index contributed by atoms with van der Waals surface area (Å²) < 4.78 is 5.25. The fraction of sp³-hybridized carbons (Fsp3) is 0.609. The summed E-state index contributed by atoms with van der Waals surface area (Å²) in [6, 6.07) is 2.06. The van der Waals surface area contributed by atoms with Gasteiger partial charge in [0.25, 0.3) is 5.91 Å². The van der Waals surface area contributed by atoms with E-state index >= 15 is 0 Å². The van der Waals surface area contributed by atoms with E-state index in [0.717, 1.165) is 49.3 Å². The average molecular weight is 476 g/mol. The number of aliphatic imine (C=N–C) groups is 1. The van der Waals surface area contributed by atoms with Crippen molar-refractivity contribution in [1.29, 1.82) is 0 Å². The number of rotatable bonds is 9. The van der Waals surface area contributed by atoms with Gasteiger partial charge in [0.15, 0.2) is 0 Å². The number of hydrogen-bond donors (Lipinski definition) is 4. The summed E-state index contributed by atoms with van der Waals surface area (Å²) in [5, 5.41) is 16.6. The van der Waals surface area contributed by atoms with Crippen molar-refractivity contribution in [2.24, 2.45) is 16.6 Å². The number of hydrogen-bond acceptors (Lipinski definition) is 8. The molecule has 2 amide bonds. The maximum absolute atomic E-state index is 13.4. The average Bonchev–Trinajstić information content (AvgIpc) is 3.02. The number of amides is 2. The molecular formula is C23H33N5O4S. The van der Waals surface area contributed by atoms with Crippen molar-refractivity contribution in [2.75, 3.05) is 26.2 Å². The van der Waals surface area contributed by atoms with Gasteiger partial charge in [0.1, 0.15) is 18.2 Å². The molecule has 0 bridgehead atoms. The molecule has 180 valence electrons. The van der Waals surface area contributed by atoms with Crippen molar-refractivity contribution in [3.8, 4) is 0 Å². The summed E-state index contributed by atoms with van der Waals surface area (Å²) in [6.07, 6.45) is 4.74. The molecule has 4 rings (SSSR count). The first-order valence-corrected chi connectivity index (χ1v) is 12.5. The highest BCUT2D eigenvalue weighted by Gasteiger charge is 2.28. The molecule has 1 unspecified atom stereocenters. The van der Waals surface area contributed by atoms with Crippen LogP contribution in [0.25, 0.3) is 6.08 Å². The Morgan fingerprint density at radius 3 is 2.85 bits per heavy atom. The molecule has 1 saturated carbocycles. The topological polar surface area (TPSA) is 129 Å². The van der Waals surface area contributed by atoms with Gasteiger partial charge < -0.3 is 31.1 Å². The number of nitrogens with zero attached hydrogens (tertiary/aromatic N) is 2. The van der Waals surface area contributed by atoms with Gasteiger partial charge in [-0.15, -0.1) is 11.3 Å². The molecule has 1 aromatic rings. The number of carbonyl (C=O) groups excluding carboxylic acids is 2. The first kappa shape index (κ1) is 23.7. The number of alkyl carbamates (subject to hydrolysis) is 1. The molecule has 5 N–H and O–H groups in total. The van der Waals surface area contributed by atoms with Crippen molar-refractivity contribution in [1.82, 2.24) is 15.5 Å². The number of thiophene rings is 1. The van der Waals surface area contributed by atoms with Crippen molar-refractivity contribution in [3.63, 3.8) is 0 Å². The molecular weight excluding hydrogens is 442 g/mol. The maximum Gasteiger partial charge on any atom is 0.407 e. The van der Waals surface area contributed by atoms with E-state index in [4.69, 9.17) is 10.5 Å². The summed E-state index contributed by atoms with van der Waals surface area (Å²) in [5.74, 6) is 0.705. The minimum Gasteiger partial charge on any atom is -0.446 e. The second-order valence-corrected chi connectivity index (χ2v) is 10.1. The lowest BCUT2D eigenvalue weighted by Crippen LogP contribution is -2.48. The SMILES string of the molecule is CCCN(C(=O)C1=Cc2sc(CC3CNC3)cc2N=C(N)C1)C(O)CNC(=O)OC1CCC1. The van der Waals surface area contributed by atoms with Crippen molar-refractivity contribution in [2.45, 2.75) is 57.8 Å². The van der Waals surface area contributed by atoms with Crippen LogP contribution in [0.4, 0.5) is 10.5 Å². The van der Waals surface area contributed by atoms with E-state index in [2.05, 4.69) is 21.7 Å². The van der Waals surface area contributed by atoms with E-state index in [1.807, 2.05) is 13.0 Å². The fourth-order valence-corrected chi connectivity index (χ4v) is 5.21. The quantitative estimate of drug-likeness (QED) is 0.405. The third-order valence-electron chi connectivity index (χ3n) is 6.20. The Hall–Kier alpha value is -2.43. The lowest BCUT2D eigenvalue weighted by Gasteiger charge is -2.29. The highest BCUT2D eigenvalue weighted by atomic mass is 32.1. The summed E-state index contributed by atoms with van der Waals surface area (Å²) in [5.41, 5.74) is 7.42. The van der Waals surface area contributed by atoms with E-state index in [1.54, 1.807) is 11.3 Å². The zero-order valence-electron chi connectivity index (χ0n) is 19.0. The van der Waals surface area contributed by atoms with Crippen molar-refractivity contribution >= 4 is 40.9 Å². The van der Waals surface area contributed by atoms with Gasteiger partial charge in [-0.3, -0.25) is 4.79 Å². The van der Waals surface area contributed by atoms with E-state index in [1.165, 1.54) is 9.78 Å². The number of nitrogens with two attached hydrogens (primary N) is 1. The number of fused-ring (bicyclic) bond motifs is 1. The van der Waals surface area contributed by atoms with Crippen molar-refractivity contribution < 1.29 is 19.4 Å². The minimum atomic E-state index is -1.17. The summed E-state index contributed by atoms with van der Waals surface area (Å²) in [6.45, 7) is 4.24. The number of ether oxygens (including phenoxy) is 1. The van der Waals surface area contributed by atoms with E-state index in [-0.39, 0.29) is 25.0 Å². The standard InChI is InChI=1S/C23H33N5O4S/c1-2-6-28(21(29)13-26-23(31)32-16-4-3-5-16)22(30)15-8-19-18(27-20(24)9-15)10-17(33-19)7-14-11-25-12-14/h8,10,14,16,21,25,29H,2-7,9,11-13H2,1H3,(H2,24,27)(H,26,31). The van der Waals surface area contributed by atoms with Gasteiger partial charge in [-0.25, -0.2) is 9.79 Å². The molecule has 2 fully saturated rings. The minimum absolute atomic E-state index is 0.0423. The predicted octanol–water partition coefficient (Wildman–Crippen LogP) is 2.12. The zero-order chi connectivity index (χ0) is 23.4. The Morgan fingerprint density at radius 2 is 2.21 bits per heavy atom. The van der Waals surface area contributed by atoms with E-state index in [9.17, 15) is 14.7 Å². The van der Waals surface area contributed by atoms with E-state index < -0.39 is 12.3 Å². The van der Waals surface area contributed by atoms with Gasteiger partial charge in [-0.1, -0.05) is 6.92 Å². The molecule has 0 spiro atoms. The third-order valence-corrected chi connectivity index (χ3v) is 7.30. The van der Waals surface area contributed by atoms with Gasteiger partial charge in [-0.2, -0.15) is 0 Å². The van der Waals surface area contributed by atoms with Crippen LogP contribution in [0, 0.1) is 5.92 Å². The Bertz CT molecular complexity index is 935. The third kappa shape index (κ3) is 5.93. The number of carbonyl (C=O) groups is 2. The van der Waals surface area contributed by atoms with Gasteiger partial charge in [-0.05, 0) is 63.3 Å². The smallest absolute Gasteiger partial charge is 0.407 e. The van der Waals surface area contributed by atoms with Gasteiger partial charge >= 0.3 is 6.09 Å². The summed E-state index contributed by atoms with van der Waals surface area (Å²) in [7, 11) is 0. The molecule has 1 atom stereocenters. The Balaban J connectivity index is 1.44. The fourth-order valence-electron chi connectivity index (χ4n) is 4.03. The Kier molecular flexibility index (Phi) is 7.67. The van der Waals surface area contributed by atoms with Crippen LogP contribution in [-0.4, -0.2) is 66.4 Å². The predicted molar refractivity (Wildman–Crippen MR) is 128 cm³/mol. The zero-order valence-corrected chi connectivity index (χ0v) is 19.8. The van der Waals surface area contributed by atoms with Gasteiger partial charge in [0.05, 0.1) is 17.1 Å². The first-order chi connectivity index (χ1) is 15.9. The van der Waals surface area contributed by atoms with Crippen LogP contribution in [0.2, 0.25) is 0 Å². The van der Waals surface area contributed by atoms with Crippen LogP contribution in [-0.2, 0) is 16.0 Å². The van der Waals surface area contributed by atoms with Crippen molar-refractivity contribution in [3.05, 3.63) is 21.4 Å². The van der Waals surface area contributed by atoms with Crippen LogP contribution in [0.15, 0.2) is 16.6 Å². The molecule has 33 heavy (non-hydrogen) atoms. The lowest BCUT2D eigenvalue weighted by atomic mass is 9.96. The molecule has 3 aliphatic rings. The van der Waals surface area contributed by atoms with Crippen LogP contribution in [0.5, 0.6) is 0 Å². The lowest BCUT2D eigenvalue weighted by molar-refractivity contribution is -0.136. The number of aliphatic hydroxyl groups is 1. The van der Waals surface area contributed by atoms with Crippen LogP contribution < -0.4 is 16.4 Å². The molecule has 3 heterocycles. The molecule has 0 radical (unpaired) electrons. The van der Waals surface area contributed by atoms with Crippen LogP contribution >= 0.6 is 11.3 Å². The Labute approximate surface area is 198 Å². The van der Waals surface area contributed by atoms with Crippen LogP contribution in [0.1, 0.15) is 48.8 Å². The Morgan fingerprint density at radius 1 is 1.42 bits per heavy atom. The molecule has 1 saturated heterocycles. The van der Waals surface area contributed by atoms with Crippen LogP contribution in [0.3, 0.4) is 0 Å². The first-order valence-electron chi connectivity index (χ1n) is 11.7. The summed E-state index contributed by atoms with van der Waals surface area (Å²) in [4.78, 5) is 33.4.